The van der Waals surface area contributed by atoms with Crippen molar-refractivity contribution in [3.63, 3.8) is 0 Å². The minimum atomic E-state index is -0.674. The Hall–Kier alpha value is -1.67. The normalized spacial score (nSPS) is 11.1. The fourth-order valence-corrected chi connectivity index (χ4v) is 5.18. The van der Waals surface area contributed by atoms with Crippen LogP contribution in [0.15, 0.2) is 33.3 Å². The minimum Gasteiger partial charge on any atom is -0.506 e. The van der Waals surface area contributed by atoms with Crippen molar-refractivity contribution in [2.75, 3.05) is 0 Å². The number of aromatic amines is 1. The average molecular weight is 401 g/mol. The predicted molar refractivity (Wildman–Crippen MR) is 98.7 cm³/mol. The highest BCUT2D eigenvalue weighted by Crippen LogP contribution is 2.41. The molecule has 0 bridgehead atoms. The second-order valence-electron chi connectivity index (χ2n) is 4.88. The molecule has 5 nitrogen and oxygen atoms in total. The first kappa shape index (κ1) is 17.2. The molecular formula is C15H10Cl2N2O3S2. The molecule has 4 N–H and O–H groups in total. The van der Waals surface area contributed by atoms with Crippen LogP contribution in [0, 0.1) is 0 Å². The Morgan fingerprint density at radius 3 is 2.75 bits per heavy atom. The number of nitrogens with one attached hydrogen (secondary N) is 1. The molecule has 0 unspecified atom stereocenters. The Labute approximate surface area is 154 Å². The standard InChI is InChI=1S/C15H10Cl2N2O3S2/c16-7-2-1-6(8(17)3-7)5-23-15-11(14(18)22)12-13(24-15)9(20)4-10(21)19-12/h1-4H,5H2,(H2,18,22)(H2,19,20,21). The van der Waals surface area contributed by atoms with Crippen LogP contribution in [0.4, 0.5) is 0 Å². The van der Waals surface area contributed by atoms with Crippen LogP contribution in [0.5, 0.6) is 5.75 Å². The second kappa shape index (κ2) is 6.68. The average Bonchev–Trinajstić information content (AvgIpc) is 2.85. The number of hydrogen-bond donors (Lipinski definition) is 3. The molecule has 9 heteroatoms. The van der Waals surface area contributed by atoms with Gasteiger partial charge in [-0.15, -0.1) is 23.1 Å². The van der Waals surface area contributed by atoms with Crippen molar-refractivity contribution < 1.29 is 9.90 Å². The maximum atomic E-state index is 11.8. The molecule has 0 spiro atoms. The van der Waals surface area contributed by atoms with Gasteiger partial charge in [-0.2, -0.15) is 0 Å². The molecule has 2 aromatic heterocycles. The first-order chi connectivity index (χ1) is 11.4. The van der Waals surface area contributed by atoms with Gasteiger partial charge < -0.3 is 15.8 Å². The van der Waals surface area contributed by atoms with E-state index >= 15 is 0 Å². The molecule has 1 amide bonds. The summed E-state index contributed by atoms with van der Waals surface area (Å²) in [4.78, 5) is 25.9. The number of aromatic hydroxyl groups is 1. The number of rotatable bonds is 4. The van der Waals surface area contributed by atoms with Crippen LogP contribution >= 0.6 is 46.3 Å². The van der Waals surface area contributed by atoms with E-state index in [-0.39, 0.29) is 16.8 Å². The summed E-state index contributed by atoms with van der Waals surface area (Å²) >= 11 is 14.6. The van der Waals surface area contributed by atoms with Crippen molar-refractivity contribution in [1.82, 2.24) is 4.98 Å². The molecule has 3 rings (SSSR count). The third kappa shape index (κ3) is 3.25. The largest absolute Gasteiger partial charge is 0.506 e. The fourth-order valence-electron chi connectivity index (χ4n) is 2.17. The summed E-state index contributed by atoms with van der Waals surface area (Å²) in [6.07, 6.45) is 0. The molecule has 0 atom stereocenters. The Morgan fingerprint density at radius 1 is 1.33 bits per heavy atom. The monoisotopic (exact) mass is 400 g/mol. The van der Waals surface area contributed by atoms with Gasteiger partial charge in [0.25, 0.3) is 11.5 Å². The van der Waals surface area contributed by atoms with Gasteiger partial charge in [0, 0.05) is 21.9 Å². The number of aromatic nitrogens is 1. The number of amides is 1. The summed E-state index contributed by atoms with van der Waals surface area (Å²) in [5.74, 6) is -0.376. The van der Waals surface area contributed by atoms with E-state index in [4.69, 9.17) is 28.9 Å². The van der Waals surface area contributed by atoms with E-state index in [1.807, 2.05) is 0 Å². The minimum absolute atomic E-state index is 0.183. The number of fused-ring (bicyclic) bond motifs is 1. The number of benzene rings is 1. The van der Waals surface area contributed by atoms with Gasteiger partial charge in [-0.05, 0) is 17.7 Å². The number of pyridine rings is 1. The lowest BCUT2D eigenvalue weighted by Gasteiger charge is -2.04. The number of H-pyrrole nitrogens is 1. The third-order valence-electron chi connectivity index (χ3n) is 3.24. The van der Waals surface area contributed by atoms with E-state index in [0.29, 0.717) is 24.7 Å². The summed E-state index contributed by atoms with van der Waals surface area (Å²) < 4.78 is 1.01. The number of primary amides is 1. The van der Waals surface area contributed by atoms with E-state index in [1.165, 1.54) is 23.1 Å². The van der Waals surface area contributed by atoms with Gasteiger partial charge in [-0.25, -0.2) is 0 Å². The van der Waals surface area contributed by atoms with E-state index in [2.05, 4.69) is 4.98 Å². The van der Waals surface area contributed by atoms with Crippen molar-refractivity contribution >= 4 is 62.4 Å². The summed E-state index contributed by atoms with van der Waals surface area (Å²) in [5.41, 5.74) is 6.24. The zero-order chi connectivity index (χ0) is 17.4. The highest BCUT2D eigenvalue weighted by Gasteiger charge is 2.20. The molecule has 0 saturated heterocycles. The number of carbonyl (C=O) groups excluding carboxylic acids is 1. The zero-order valence-corrected chi connectivity index (χ0v) is 15.1. The number of halogens is 2. The summed E-state index contributed by atoms with van der Waals surface area (Å²) in [5, 5.41) is 11.0. The Kier molecular flexibility index (Phi) is 4.78. The van der Waals surface area contributed by atoms with Crippen LogP contribution in [0.25, 0.3) is 10.2 Å². The maximum Gasteiger partial charge on any atom is 0.252 e. The maximum absolute atomic E-state index is 11.8. The number of nitrogens with two attached hydrogens (primary N) is 1. The molecular weight excluding hydrogens is 391 g/mol. The van der Waals surface area contributed by atoms with Gasteiger partial charge in [0.05, 0.1) is 20.0 Å². The lowest BCUT2D eigenvalue weighted by Crippen LogP contribution is -2.13. The Bertz CT molecular complexity index is 1010. The molecule has 0 aliphatic rings. The number of carbonyl (C=O) groups is 1. The van der Waals surface area contributed by atoms with E-state index in [9.17, 15) is 14.7 Å². The highest BCUT2D eigenvalue weighted by atomic mass is 35.5. The third-order valence-corrected chi connectivity index (χ3v) is 6.36. The van der Waals surface area contributed by atoms with Gasteiger partial charge in [0.15, 0.2) is 0 Å². The van der Waals surface area contributed by atoms with Crippen LogP contribution in [0.2, 0.25) is 10.0 Å². The summed E-state index contributed by atoms with van der Waals surface area (Å²) in [7, 11) is 0. The van der Waals surface area contributed by atoms with Gasteiger partial charge in [-0.3, -0.25) is 9.59 Å². The predicted octanol–water partition coefficient (Wildman–Crippen LogP) is 3.99. The van der Waals surface area contributed by atoms with Crippen molar-refractivity contribution in [3.05, 3.63) is 55.8 Å². The highest BCUT2D eigenvalue weighted by molar-refractivity contribution is 8.00. The van der Waals surface area contributed by atoms with E-state index in [0.717, 1.165) is 11.6 Å². The molecule has 0 radical (unpaired) electrons. The lowest BCUT2D eigenvalue weighted by molar-refractivity contribution is 0.0999. The van der Waals surface area contributed by atoms with Gasteiger partial charge in [-0.1, -0.05) is 29.3 Å². The molecule has 124 valence electrons. The van der Waals surface area contributed by atoms with Gasteiger partial charge in [0.1, 0.15) is 5.75 Å². The van der Waals surface area contributed by atoms with Crippen molar-refractivity contribution in [1.29, 1.82) is 0 Å². The molecule has 1 aromatic carbocycles. The van der Waals surface area contributed by atoms with Crippen molar-refractivity contribution in [2.24, 2.45) is 5.73 Å². The molecule has 0 aliphatic heterocycles. The SMILES string of the molecule is NC(=O)c1c(SCc2ccc(Cl)cc2Cl)sc2c(O)cc(=O)[nH]c12. The van der Waals surface area contributed by atoms with Crippen LogP contribution in [0.1, 0.15) is 15.9 Å². The Balaban J connectivity index is 2.03. The zero-order valence-electron chi connectivity index (χ0n) is 11.9. The first-order valence-electron chi connectivity index (χ1n) is 6.62. The molecule has 3 aromatic rings. The first-order valence-corrected chi connectivity index (χ1v) is 9.18. The lowest BCUT2D eigenvalue weighted by atomic mass is 10.2. The smallest absolute Gasteiger partial charge is 0.252 e. The van der Waals surface area contributed by atoms with Crippen LogP contribution in [0.3, 0.4) is 0 Å². The molecule has 24 heavy (non-hydrogen) atoms. The van der Waals surface area contributed by atoms with Gasteiger partial charge >= 0.3 is 0 Å². The Morgan fingerprint density at radius 2 is 2.08 bits per heavy atom. The van der Waals surface area contributed by atoms with Gasteiger partial charge in [0.2, 0.25) is 0 Å². The van der Waals surface area contributed by atoms with E-state index < -0.39 is 11.5 Å². The topological polar surface area (TPSA) is 96.2 Å². The van der Waals surface area contributed by atoms with Crippen molar-refractivity contribution in [2.45, 2.75) is 9.96 Å². The quantitative estimate of drug-likeness (QED) is 0.576. The number of thioether (sulfide) groups is 1. The molecule has 0 fully saturated rings. The summed E-state index contributed by atoms with van der Waals surface area (Å²) in [6, 6.07) is 6.23. The van der Waals surface area contributed by atoms with Crippen LogP contribution in [-0.2, 0) is 5.75 Å². The molecule has 2 heterocycles. The van der Waals surface area contributed by atoms with Crippen LogP contribution in [-0.4, -0.2) is 16.0 Å². The fraction of sp³-hybridized carbons (Fsp3) is 0.0667. The van der Waals surface area contributed by atoms with E-state index in [1.54, 1.807) is 18.2 Å². The number of thiophene rings is 1. The second-order valence-corrected chi connectivity index (χ2v) is 7.98. The molecule has 0 saturated carbocycles. The summed E-state index contributed by atoms with van der Waals surface area (Å²) in [6.45, 7) is 0. The number of hydrogen-bond acceptors (Lipinski definition) is 5. The molecule has 0 aliphatic carbocycles. The van der Waals surface area contributed by atoms with Crippen LogP contribution < -0.4 is 11.3 Å². The van der Waals surface area contributed by atoms with Crippen molar-refractivity contribution in [3.8, 4) is 5.75 Å².